The fourth-order valence-electron chi connectivity index (χ4n) is 1.56. The number of nitrogens with two attached hydrogens (primary N) is 1. The Morgan fingerprint density at radius 2 is 2.21 bits per heavy atom. The van der Waals surface area contributed by atoms with Crippen molar-refractivity contribution in [3.63, 3.8) is 0 Å². The molecule has 6 heteroatoms. The van der Waals surface area contributed by atoms with Gasteiger partial charge < -0.3 is 15.2 Å². The number of aromatic amines is 1. The Bertz CT molecular complexity index is 593. The summed E-state index contributed by atoms with van der Waals surface area (Å²) in [5.74, 6) is 0.268. The molecular weight excluding hydrogens is 246 g/mol. The Kier molecular flexibility index (Phi) is 3.70. The van der Waals surface area contributed by atoms with Crippen LogP contribution in [0, 0.1) is 6.92 Å². The molecule has 0 unspecified atom stereocenters. The molecule has 0 atom stereocenters. The molecular formula is C13H15N3O3. The third kappa shape index (κ3) is 3.04. The second-order valence-corrected chi connectivity index (χ2v) is 3.97. The number of aromatic nitrogens is 2. The van der Waals surface area contributed by atoms with Crippen LogP contribution in [0.5, 0.6) is 11.6 Å². The number of H-pyrrole nitrogens is 1. The highest BCUT2D eigenvalue weighted by Crippen LogP contribution is 2.27. The van der Waals surface area contributed by atoms with E-state index in [9.17, 15) is 4.79 Å². The normalized spacial score (nSPS) is 10.2. The van der Waals surface area contributed by atoms with Crippen molar-refractivity contribution in [2.24, 2.45) is 0 Å². The molecule has 0 fully saturated rings. The van der Waals surface area contributed by atoms with Crippen LogP contribution in [0.2, 0.25) is 0 Å². The van der Waals surface area contributed by atoms with E-state index in [0.29, 0.717) is 17.3 Å². The lowest BCUT2D eigenvalue weighted by molar-refractivity contribution is 0.0523. The molecule has 0 radical (unpaired) electrons. The third-order valence-electron chi connectivity index (χ3n) is 2.40. The molecule has 19 heavy (non-hydrogen) atoms. The van der Waals surface area contributed by atoms with Gasteiger partial charge in [-0.2, -0.15) is 0 Å². The van der Waals surface area contributed by atoms with Gasteiger partial charge in [0.05, 0.1) is 6.61 Å². The summed E-state index contributed by atoms with van der Waals surface area (Å²) in [7, 11) is 0. The van der Waals surface area contributed by atoms with Crippen molar-refractivity contribution in [3.05, 3.63) is 35.5 Å². The zero-order valence-electron chi connectivity index (χ0n) is 10.8. The highest BCUT2D eigenvalue weighted by atomic mass is 16.5. The van der Waals surface area contributed by atoms with Gasteiger partial charge in [-0.3, -0.25) is 5.10 Å². The van der Waals surface area contributed by atoms with E-state index in [1.165, 1.54) is 6.07 Å². The van der Waals surface area contributed by atoms with Crippen molar-refractivity contribution in [2.45, 2.75) is 13.8 Å². The average molecular weight is 261 g/mol. The lowest BCUT2D eigenvalue weighted by Gasteiger charge is -2.09. The van der Waals surface area contributed by atoms with Crippen molar-refractivity contribution in [1.82, 2.24) is 10.2 Å². The summed E-state index contributed by atoms with van der Waals surface area (Å²) in [6.07, 6.45) is 0. The number of carbonyl (C=O) groups excluding carboxylic acids is 1. The van der Waals surface area contributed by atoms with Crippen molar-refractivity contribution < 1.29 is 14.3 Å². The smallest absolute Gasteiger partial charge is 0.342 e. The zero-order chi connectivity index (χ0) is 13.8. The van der Waals surface area contributed by atoms with Crippen molar-refractivity contribution in [2.75, 3.05) is 12.3 Å². The molecule has 1 aromatic heterocycles. The molecule has 6 nitrogen and oxygen atoms in total. The Hall–Kier alpha value is -2.50. The Balaban J connectivity index is 2.31. The van der Waals surface area contributed by atoms with E-state index in [2.05, 4.69) is 10.2 Å². The Morgan fingerprint density at radius 1 is 1.42 bits per heavy atom. The predicted molar refractivity (Wildman–Crippen MR) is 70.2 cm³/mol. The summed E-state index contributed by atoms with van der Waals surface area (Å²) >= 11 is 0. The van der Waals surface area contributed by atoms with Crippen LogP contribution in [0.3, 0.4) is 0 Å². The number of aryl methyl sites for hydroxylation is 1. The van der Waals surface area contributed by atoms with Crippen LogP contribution in [-0.2, 0) is 4.74 Å². The highest BCUT2D eigenvalue weighted by Gasteiger charge is 2.15. The molecule has 0 saturated carbocycles. The zero-order valence-corrected chi connectivity index (χ0v) is 10.8. The third-order valence-corrected chi connectivity index (χ3v) is 2.40. The lowest BCUT2D eigenvalue weighted by Crippen LogP contribution is -2.07. The first-order valence-corrected chi connectivity index (χ1v) is 5.86. The second kappa shape index (κ2) is 5.43. The molecule has 2 aromatic rings. The van der Waals surface area contributed by atoms with Crippen LogP contribution in [0.1, 0.15) is 23.0 Å². The number of rotatable bonds is 4. The monoisotopic (exact) mass is 261 g/mol. The molecule has 0 amide bonds. The average Bonchev–Trinajstić information content (AvgIpc) is 2.77. The van der Waals surface area contributed by atoms with E-state index < -0.39 is 5.97 Å². The van der Waals surface area contributed by atoms with Gasteiger partial charge in [0.15, 0.2) is 0 Å². The minimum Gasteiger partial charge on any atom is -0.462 e. The maximum absolute atomic E-state index is 11.8. The van der Waals surface area contributed by atoms with Gasteiger partial charge >= 0.3 is 5.97 Å². The van der Waals surface area contributed by atoms with Crippen LogP contribution in [-0.4, -0.2) is 22.8 Å². The van der Waals surface area contributed by atoms with Gasteiger partial charge in [0.1, 0.15) is 11.3 Å². The van der Waals surface area contributed by atoms with Crippen molar-refractivity contribution in [1.29, 1.82) is 0 Å². The summed E-state index contributed by atoms with van der Waals surface area (Å²) in [6.45, 7) is 3.88. The minimum absolute atomic E-state index is 0.280. The summed E-state index contributed by atoms with van der Waals surface area (Å²) < 4.78 is 10.5. The van der Waals surface area contributed by atoms with Crippen LogP contribution >= 0.6 is 0 Å². The number of nitrogen functional groups attached to an aromatic ring is 1. The lowest BCUT2D eigenvalue weighted by atomic mass is 10.2. The number of hydrogen-bond acceptors (Lipinski definition) is 5. The molecule has 0 spiro atoms. The van der Waals surface area contributed by atoms with Gasteiger partial charge in [-0.1, -0.05) is 0 Å². The number of ether oxygens (including phenoxy) is 2. The van der Waals surface area contributed by atoms with E-state index >= 15 is 0 Å². The first-order valence-electron chi connectivity index (χ1n) is 5.86. The Morgan fingerprint density at radius 3 is 2.84 bits per heavy atom. The summed E-state index contributed by atoms with van der Waals surface area (Å²) in [4.78, 5) is 11.8. The van der Waals surface area contributed by atoms with Crippen molar-refractivity contribution >= 4 is 11.7 Å². The molecule has 0 aliphatic carbocycles. The highest BCUT2D eigenvalue weighted by molar-refractivity contribution is 5.93. The minimum atomic E-state index is -0.475. The number of nitrogens with one attached hydrogen (secondary N) is 1. The summed E-state index contributed by atoms with van der Waals surface area (Å²) in [5, 5.41) is 6.71. The van der Waals surface area contributed by atoms with Gasteiger partial charge in [0.2, 0.25) is 5.88 Å². The maximum atomic E-state index is 11.8. The predicted octanol–water partition coefficient (Wildman–Crippen LogP) is 2.27. The van der Waals surface area contributed by atoms with Gasteiger partial charge in [-0.25, -0.2) is 4.79 Å². The Labute approximate surface area is 110 Å². The first kappa shape index (κ1) is 12.9. The molecule has 2 rings (SSSR count). The standard InChI is InChI=1S/C13H15N3O3/c1-3-18-13(17)10-7-9(14)4-5-11(10)19-12-6-8(2)15-16-12/h4-7H,3,14H2,1-2H3,(H,15,16). The second-order valence-electron chi connectivity index (χ2n) is 3.97. The molecule has 1 aromatic carbocycles. The van der Waals surface area contributed by atoms with E-state index in [4.69, 9.17) is 15.2 Å². The summed E-state index contributed by atoms with van der Waals surface area (Å²) in [6, 6.07) is 6.52. The van der Waals surface area contributed by atoms with Crippen LogP contribution < -0.4 is 10.5 Å². The number of esters is 1. The quantitative estimate of drug-likeness (QED) is 0.650. The van der Waals surface area contributed by atoms with Gasteiger partial charge in [-0.15, -0.1) is 5.10 Å². The number of hydrogen-bond donors (Lipinski definition) is 2. The molecule has 0 saturated heterocycles. The van der Waals surface area contributed by atoms with Crippen LogP contribution in [0.15, 0.2) is 24.3 Å². The topological polar surface area (TPSA) is 90.2 Å². The first-order chi connectivity index (χ1) is 9.10. The van der Waals surface area contributed by atoms with Crippen LogP contribution in [0.25, 0.3) is 0 Å². The van der Waals surface area contributed by atoms with Gasteiger partial charge in [0.25, 0.3) is 0 Å². The SMILES string of the molecule is CCOC(=O)c1cc(N)ccc1Oc1cc(C)[nH]n1. The molecule has 0 aliphatic rings. The number of benzene rings is 1. The van der Waals surface area contributed by atoms with E-state index in [0.717, 1.165) is 5.69 Å². The maximum Gasteiger partial charge on any atom is 0.342 e. The molecule has 0 bridgehead atoms. The molecule has 100 valence electrons. The number of carbonyl (C=O) groups is 1. The molecule has 0 aliphatic heterocycles. The number of nitrogens with zero attached hydrogens (tertiary/aromatic N) is 1. The van der Waals surface area contributed by atoms with E-state index in [-0.39, 0.29) is 12.2 Å². The van der Waals surface area contributed by atoms with Crippen molar-refractivity contribution in [3.8, 4) is 11.6 Å². The van der Waals surface area contributed by atoms with Gasteiger partial charge in [0, 0.05) is 17.4 Å². The van der Waals surface area contributed by atoms with E-state index in [1.54, 1.807) is 25.1 Å². The number of anilines is 1. The molecule has 1 heterocycles. The fourth-order valence-corrected chi connectivity index (χ4v) is 1.56. The molecule has 3 N–H and O–H groups in total. The van der Waals surface area contributed by atoms with Gasteiger partial charge in [-0.05, 0) is 32.0 Å². The fraction of sp³-hybridized carbons (Fsp3) is 0.231. The van der Waals surface area contributed by atoms with Crippen LogP contribution in [0.4, 0.5) is 5.69 Å². The largest absolute Gasteiger partial charge is 0.462 e. The van der Waals surface area contributed by atoms with E-state index in [1.807, 2.05) is 6.92 Å². The summed E-state index contributed by atoms with van der Waals surface area (Å²) in [5.41, 5.74) is 7.28.